The van der Waals surface area contributed by atoms with Crippen LogP contribution in [0.5, 0.6) is 0 Å². The predicted molar refractivity (Wildman–Crippen MR) is 72.3 cm³/mol. The number of thiazole rings is 1. The molecule has 1 N–H and O–H groups in total. The number of amides is 1. The van der Waals surface area contributed by atoms with Gasteiger partial charge in [0.05, 0.1) is 22.8 Å². The van der Waals surface area contributed by atoms with E-state index in [9.17, 15) is 4.79 Å². The maximum absolute atomic E-state index is 11.9. The van der Waals surface area contributed by atoms with E-state index >= 15 is 0 Å². The van der Waals surface area contributed by atoms with E-state index in [-0.39, 0.29) is 16.2 Å². The van der Waals surface area contributed by atoms with Crippen LogP contribution in [-0.4, -0.2) is 15.9 Å². The van der Waals surface area contributed by atoms with Gasteiger partial charge in [-0.05, 0) is 19.1 Å². The molecule has 0 bridgehead atoms. The van der Waals surface area contributed by atoms with Gasteiger partial charge in [-0.2, -0.15) is 0 Å². The number of halogens is 2. The smallest absolute Gasteiger partial charge is 0.254 e. The summed E-state index contributed by atoms with van der Waals surface area (Å²) in [6, 6.07) is 3.06. The third-order valence-electron chi connectivity index (χ3n) is 2.16. The maximum Gasteiger partial charge on any atom is 0.254 e. The van der Waals surface area contributed by atoms with Gasteiger partial charge in [-0.15, -0.1) is 11.3 Å². The summed E-state index contributed by atoms with van der Waals surface area (Å²) in [6.07, 6.45) is 0. The normalized spacial score (nSPS) is 10.4. The van der Waals surface area contributed by atoms with Crippen molar-refractivity contribution in [2.45, 2.75) is 13.5 Å². The highest BCUT2D eigenvalue weighted by Gasteiger charge is 2.12. The average molecular weight is 302 g/mol. The lowest BCUT2D eigenvalue weighted by molar-refractivity contribution is 0.0950. The number of hydrogen-bond donors (Lipinski definition) is 1. The first-order valence-corrected chi connectivity index (χ1v) is 6.71. The Hall–Kier alpha value is -1.17. The molecule has 0 radical (unpaired) electrons. The molecule has 0 unspecified atom stereocenters. The number of aryl methyl sites for hydroxylation is 1. The van der Waals surface area contributed by atoms with E-state index in [0.29, 0.717) is 12.1 Å². The maximum atomic E-state index is 11.9. The monoisotopic (exact) mass is 301 g/mol. The fraction of sp³-hybridized carbons (Fsp3) is 0.182. The Bertz CT molecular complexity index is 585. The van der Waals surface area contributed by atoms with Crippen molar-refractivity contribution in [2.75, 3.05) is 0 Å². The van der Waals surface area contributed by atoms with Crippen LogP contribution in [0.2, 0.25) is 10.3 Å². The Morgan fingerprint density at radius 3 is 2.78 bits per heavy atom. The van der Waals surface area contributed by atoms with Crippen molar-refractivity contribution < 1.29 is 4.79 Å². The zero-order chi connectivity index (χ0) is 13.1. The Morgan fingerprint density at radius 2 is 2.17 bits per heavy atom. The van der Waals surface area contributed by atoms with E-state index < -0.39 is 0 Å². The quantitative estimate of drug-likeness (QED) is 0.886. The van der Waals surface area contributed by atoms with Gasteiger partial charge < -0.3 is 5.32 Å². The second-order valence-corrected chi connectivity index (χ2v) is 5.32. The van der Waals surface area contributed by atoms with Gasteiger partial charge >= 0.3 is 0 Å². The largest absolute Gasteiger partial charge is 0.346 e. The lowest BCUT2D eigenvalue weighted by Crippen LogP contribution is -2.23. The molecule has 2 rings (SSSR count). The van der Waals surface area contributed by atoms with Crippen molar-refractivity contribution in [3.05, 3.63) is 44.1 Å². The van der Waals surface area contributed by atoms with Crippen LogP contribution in [0, 0.1) is 6.92 Å². The molecule has 2 aromatic heterocycles. The van der Waals surface area contributed by atoms with Crippen LogP contribution in [0.25, 0.3) is 0 Å². The van der Waals surface area contributed by atoms with Gasteiger partial charge in [-0.25, -0.2) is 9.97 Å². The van der Waals surface area contributed by atoms with Crippen LogP contribution in [-0.2, 0) is 6.54 Å². The number of hydrogen-bond acceptors (Lipinski definition) is 4. The summed E-state index contributed by atoms with van der Waals surface area (Å²) in [6.45, 7) is 2.28. The van der Waals surface area contributed by atoms with Crippen molar-refractivity contribution in [2.24, 2.45) is 0 Å². The van der Waals surface area contributed by atoms with Crippen LogP contribution in [0.3, 0.4) is 0 Å². The van der Waals surface area contributed by atoms with E-state index in [4.69, 9.17) is 23.2 Å². The lowest BCUT2D eigenvalue weighted by Gasteiger charge is -2.04. The summed E-state index contributed by atoms with van der Waals surface area (Å²) in [5.41, 5.74) is 1.12. The van der Waals surface area contributed by atoms with Crippen LogP contribution >= 0.6 is 34.5 Å². The first kappa shape index (κ1) is 13.3. The Kier molecular flexibility index (Phi) is 4.16. The summed E-state index contributed by atoms with van der Waals surface area (Å²) >= 11 is 13.0. The average Bonchev–Trinajstić information content (AvgIpc) is 2.72. The van der Waals surface area contributed by atoms with Gasteiger partial charge in [0.2, 0.25) is 0 Å². The van der Waals surface area contributed by atoms with Gasteiger partial charge in [0.25, 0.3) is 5.91 Å². The Labute approximate surface area is 118 Å². The van der Waals surface area contributed by atoms with Gasteiger partial charge in [0.15, 0.2) is 0 Å². The Balaban J connectivity index is 2.03. The van der Waals surface area contributed by atoms with Gasteiger partial charge in [0.1, 0.15) is 10.3 Å². The molecule has 0 spiro atoms. The van der Waals surface area contributed by atoms with Crippen molar-refractivity contribution in [1.82, 2.24) is 15.3 Å². The lowest BCUT2D eigenvalue weighted by atomic mass is 10.2. The fourth-order valence-electron chi connectivity index (χ4n) is 1.34. The molecule has 1 amide bonds. The number of aromatic nitrogens is 2. The van der Waals surface area contributed by atoms with Crippen LogP contribution in [0.1, 0.15) is 21.1 Å². The minimum atomic E-state index is -0.296. The fourth-order valence-corrected chi connectivity index (χ4v) is 2.38. The summed E-state index contributed by atoms with van der Waals surface area (Å²) in [5.74, 6) is -0.296. The molecule has 2 heterocycles. The molecule has 0 saturated carbocycles. The zero-order valence-corrected chi connectivity index (χ0v) is 11.7. The van der Waals surface area contributed by atoms with Gasteiger partial charge in [-0.1, -0.05) is 23.2 Å². The summed E-state index contributed by atoms with van der Waals surface area (Å²) in [4.78, 5) is 19.9. The van der Waals surface area contributed by atoms with Crippen molar-refractivity contribution in [3.8, 4) is 0 Å². The summed E-state index contributed by atoms with van der Waals surface area (Å²) < 4.78 is 0. The number of rotatable bonds is 3. The number of carbonyl (C=O) groups is 1. The number of carbonyl (C=O) groups excluding carboxylic acids is 1. The molecule has 0 aliphatic heterocycles. The molecule has 0 aromatic carbocycles. The highest BCUT2D eigenvalue weighted by molar-refractivity contribution is 7.09. The first-order chi connectivity index (χ1) is 8.56. The highest BCUT2D eigenvalue weighted by Crippen LogP contribution is 2.16. The summed E-state index contributed by atoms with van der Waals surface area (Å²) in [5, 5.41) is 5.94. The minimum absolute atomic E-state index is 0.0921. The highest BCUT2D eigenvalue weighted by atomic mass is 35.5. The Morgan fingerprint density at radius 1 is 1.39 bits per heavy atom. The van der Waals surface area contributed by atoms with Crippen molar-refractivity contribution >= 4 is 40.4 Å². The predicted octanol–water partition coefficient (Wildman–Crippen LogP) is 3.08. The number of nitrogens with zero attached hydrogens (tertiary/aromatic N) is 2. The molecule has 2 aromatic rings. The molecule has 18 heavy (non-hydrogen) atoms. The standard InChI is InChI=1S/C11H9Cl2N3OS/c1-6-15-7(5-18-6)4-14-11(17)8-2-3-9(12)16-10(8)13/h2-3,5H,4H2,1H3,(H,14,17). The molecule has 7 heteroatoms. The van der Waals surface area contributed by atoms with E-state index in [0.717, 1.165) is 10.7 Å². The van der Waals surface area contributed by atoms with E-state index in [1.165, 1.54) is 17.4 Å². The summed E-state index contributed by atoms with van der Waals surface area (Å²) in [7, 11) is 0. The van der Waals surface area contributed by atoms with Crippen LogP contribution in [0.15, 0.2) is 17.5 Å². The molecule has 0 aliphatic carbocycles. The molecule has 0 fully saturated rings. The SMILES string of the molecule is Cc1nc(CNC(=O)c2ccc(Cl)nc2Cl)cs1. The molecule has 0 atom stereocenters. The second kappa shape index (κ2) is 5.65. The van der Waals surface area contributed by atoms with Crippen molar-refractivity contribution in [3.63, 3.8) is 0 Å². The third-order valence-corrected chi connectivity index (χ3v) is 3.48. The molecule has 0 saturated heterocycles. The van der Waals surface area contributed by atoms with E-state index in [2.05, 4.69) is 15.3 Å². The third kappa shape index (κ3) is 3.19. The minimum Gasteiger partial charge on any atom is -0.346 e. The van der Waals surface area contributed by atoms with Crippen LogP contribution < -0.4 is 5.32 Å². The second-order valence-electron chi connectivity index (χ2n) is 3.51. The number of pyridine rings is 1. The van der Waals surface area contributed by atoms with Gasteiger partial charge in [-0.3, -0.25) is 4.79 Å². The first-order valence-electron chi connectivity index (χ1n) is 5.07. The molecular weight excluding hydrogens is 293 g/mol. The molecule has 94 valence electrons. The topological polar surface area (TPSA) is 54.9 Å². The van der Waals surface area contributed by atoms with E-state index in [1.807, 2.05) is 12.3 Å². The van der Waals surface area contributed by atoms with Crippen molar-refractivity contribution in [1.29, 1.82) is 0 Å². The van der Waals surface area contributed by atoms with Gasteiger partial charge in [0, 0.05) is 5.38 Å². The van der Waals surface area contributed by atoms with E-state index in [1.54, 1.807) is 6.07 Å². The number of nitrogens with one attached hydrogen (secondary N) is 1. The molecule has 0 aliphatic rings. The zero-order valence-electron chi connectivity index (χ0n) is 9.41. The van der Waals surface area contributed by atoms with Crippen LogP contribution in [0.4, 0.5) is 0 Å². The molecular formula is C11H9Cl2N3OS. The molecule has 4 nitrogen and oxygen atoms in total.